The molecule has 33 radical (unpaired) electrons. The first-order valence-corrected chi connectivity index (χ1v) is 42.8. The number of ether oxygens (including phenoxy) is 3. The third kappa shape index (κ3) is 33.9. The maximum absolute atomic E-state index is 12.4. The Labute approximate surface area is 799 Å². The van der Waals surface area contributed by atoms with Crippen LogP contribution in [0.2, 0.25) is 0 Å². The summed E-state index contributed by atoms with van der Waals surface area (Å²) in [6.45, 7) is 8.09. The molecule has 0 aromatic heterocycles. The Morgan fingerprint density at radius 2 is 0.690 bits per heavy atom. The smallest absolute Gasteiger partial charge is 0.121 e. The van der Waals surface area contributed by atoms with Crippen molar-refractivity contribution < 1.29 is 54.7 Å². The molecule has 10 nitrogen and oxygen atoms in total. The normalized spacial score (nSPS) is 15.9. The summed E-state index contributed by atoms with van der Waals surface area (Å²) in [5.41, 5.74) is 10.5. The molecule has 40 heteroatoms. The van der Waals surface area contributed by atoms with E-state index in [1.807, 2.05) is 176 Å². The molecule has 126 heavy (non-hydrogen) atoms. The molecule has 0 spiro atoms. The fourth-order valence-corrected chi connectivity index (χ4v) is 15.4. The molecule has 3 saturated heterocycles. The van der Waals surface area contributed by atoms with Crippen LogP contribution in [0.4, 0.5) is 0 Å². The van der Waals surface area contributed by atoms with Gasteiger partial charge in [0.1, 0.15) is 35.1 Å². The number of morpholine rings is 3. The minimum atomic E-state index is -1.15. The van der Waals surface area contributed by atoms with Gasteiger partial charge in [0.25, 0.3) is 0 Å². The van der Waals surface area contributed by atoms with Crippen LogP contribution in [0.5, 0.6) is 0 Å². The van der Waals surface area contributed by atoms with E-state index in [0.717, 1.165) is 105 Å². The molecule has 3 fully saturated rings. The molecule has 3 aliphatic heterocycles. The van der Waals surface area contributed by atoms with Crippen molar-refractivity contribution in [1.82, 2.24) is 15.1 Å². The fourth-order valence-electron chi connectivity index (χ4n) is 14.9. The number of benzene rings is 11. The van der Waals surface area contributed by atoms with Crippen LogP contribution in [0.15, 0.2) is 320 Å². The van der Waals surface area contributed by atoms with Crippen LogP contribution in [0, 0.1) is 0 Å². The largest absolute Gasteiger partial charge is 0.382 e. The number of nitrogens with zero attached hydrogens (tertiary/aromatic N) is 2. The van der Waals surface area contributed by atoms with Gasteiger partial charge in [0.05, 0.1) is 19.8 Å². The molecule has 3 aliphatic rings. The van der Waals surface area contributed by atoms with E-state index >= 15 is 0 Å². The first kappa shape index (κ1) is 107. The van der Waals surface area contributed by atoms with Gasteiger partial charge in [0.2, 0.25) is 0 Å². The predicted molar refractivity (Wildman–Crippen MR) is 553 cm³/mol. The Hall–Kier alpha value is -6.18. The van der Waals surface area contributed by atoms with E-state index in [1.54, 1.807) is 12.1 Å². The Bertz CT molecular complexity index is 4780. The number of nitrogens with one attached hydrogen (secondary N) is 1. The Morgan fingerprint density at radius 3 is 0.984 bits per heavy atom. The van der Waals surface area contributed by atoms with Gasteiger partial charge in [-0.05, 0) is 72.8 Å². The van der Waals surface area contributed by atoms with Crippen LogP contribution in [-0.2, 0) is 88.5 Å². The third-order valence-corrected chi connectivity index (χ3v) is 22.7. The summed E-state index contributed by atoms with van der Waals surface area (Å²) in [6, 6.07) is 105. The van der Waals surface area contributed by atoms with Gasteiger partial charge in [-0.15, -0.1) is 0 Å². The summed E-state index contributed by atoms with van der Waals surface area (Å²) in [6.07, 6.45) is -5.17. The average molecular weight is 1760 g/mol. The minimum absolute atomic E-state index is 0. The molecule has 11 aromatic rings. The van der Waals surface area contributed by atoms with Gasteiger partial charge in [-0.1, -0.05) is 295 Å². The van der Waals surface area contributed by atoms with E-state index in [1.165, 1.54) is 18.2 Å². The molecule has 3 heterocycles. The van der Waals surface area contributed by atoms with Crippen LogP contribution < -0.4 is 10.8 Å². The summed E-state index contributed by atoms with van der Waals surface area (Å²) in [5, 5.41) is 39.6. The zero-order valence-corrected chi connectivity index (χ0v) is 74.5. The Kier molecular flexibility index (Phi) is 47.9. The van der Waals surface area contributed by atoms with Gasteiger partial charge >= 0.3 is 47.6 Å². The second-order valence-corrected chi connectivity index (χ2v) is 32.1. The summed E-state index contributed by atoms with van der Waals surface area (Å²) >= 11 is 3.64. The number of hydrogen-bond acceptors (Lipinski definition) is 10. The van der Waals surface area contributed by atoms with E-state index in [0.29, 0.717) is 58.7 Å². The van der Waals surface area contributed by atoms with Crippen molar-refractivity contribution in [1.29, 1.82) is 0 Å². The summed E-state index contributed by atoms with van der Waals surface area (Å²) in [7, 11) is 85.9. The molecule has 4 N–H and O–H groups in total. The van der Waals surface area contributed by atoms with Crippen molar-refractivity contribution in [2.75, 3.05) is 59.1 Å². The van der Waals surface area contributed by atoms with Crippen molar-refractivity contribution in [2.45, 2.75) is 67.5 Å². The molecule has 0 bridgehead atoms. The second kappa shape index (κ2) is 56.5. The molecule has 0 unspecified atom stereocenters. The quantitative estimate of drug-likeness (QED) is 0.0555. The first-order chi connectivity index (χ1) is 60.2. The van der Waals surface area contributed by atoms with E-state index in [-0.39, 0.29) is 45.1 Å². The molecular formula is C86H87B28BrN3O7Pd. The van der Waals surface area contributed by atoms with Crippen molar-refractivity contribution >= 4 is 223 Å². The monoisotopic (exact) mass is 1770 g/mol. The maximum Gasteiger partial charge on any atom is 0.121 e. The first-order valence-electron chi connectivity index (χ1n) is 42.0. The number of rotatable bonds is 27. The molecule has 6 atom stereocenters. The van der Waals surface area contributed by atoms with Crippen molar-refractivity contribution in [3.05, 3.63) is 364 Å². The topological polar surface area (TPSA) is 124 Å². The van der Waals surface area contributed by atoms with Gasteiger partial charge in [0, 0.05) is 291 Å². The van der Waals surface area contributed by atoms with Gasteiger partial charge < -0.3 is 34.8 Å². The Balaban J connectivity index is 0.000000218. The number of hydrogen-bond donors (Lipinski definition) is 4. The Morgan fingerprint density at radius 1 is 0.381 bits per heavy atom. The van der Waals surface area contributed by atoms with Gasteiger partial charge in [-0.3, -0.25) is 9.80 Å². The van der Waals surface area contributed by atoms with Gasteiger partial charge in [-0.25, -0.2) is 0 Å². The molecule has 0 saturated carbocycles. The maximum atomic E-state index is 12.4. The molecule has 11 aromatic carbocycles. The zero-order chi connectivity index (χ0) is 90.2. The van der Waals surface area contributed by atoms with Crippen LogP contribution in [-0.4, -0.2) is 304 Å². The summed E-state index contributed by atoms with van der Waals surface area (Å²) in [4.78, 5) is 4.76. The molecule has 0 amide bonds. The summed E-state index contributed by atoms with van der Waals surface area (Å²) < 4.78 is 29.5. The number of halogens is 1. The van der Waals surface area contributed by atoms with Crippen molar-refractivity contribution in [2.24, 2.45) is 0 Å². The van der Waals surface area contributed by atoms with Gasteiger partial charge in [0.15, 0.2) is 0 Å². The summed E-state index contributed by atoms with van der Waals surface area (Å²) in [5.74, 6) is 0. The van der Waals surface area contributed by atoms with E-state index < -0.39 is 74.3 Å². The van der Waals surface area contributed by atoms with E-state index in [9.17, 15) is 20.0 Å². The molecular weight excluding hydrogens is 1680 g/mol. The molecule has 0 aliphatic carbocycles. The van der Waals surface area contributed by atoms with E-state index in [4.69, 9.17) is 138 Å². The molecule has 589 valence electrons. The number of aliphatic hydroxyl groups is 3. The average Bonchev–Trinajstić information content (AvgIpc) is 0.787. The predicted octanol–water partition coefficient (Wildman–Crippen LogP) is 4.32. The SMILES string of the molecule is O=Bc1ccccc1.O[C@](Cc1ccccc1-c1ccccc1)(c1ccccc1)[C@@H]1CN(Cc2ccccc2)CCO1.O[C@](Cc1ccccc1-c1ccccc1)(c1ccccc1)[C@@H]1CNCCO1.O[C@](Cc1ccccc1Br)(c1ccccc1)[C@@H]1CN(Cc2ccccc2)CCO1.[B]B([B])B(B([B])[B])B([B])[B].[B]B([B])B([B])B([B])[B].[B][B]B(B([B])[B])B([B])[B].[Pd]. The van der Waals surface area contributed by atoms with Crippen LogP contribution in [0.25, 0.3) is 22.3 Å². The second-order valence-electron chi connectivity index (χ2n) is 31.3. The van der Waals surface area contributed by atoms with Crippen molar-refractivity contribution in [3.8, 4) is 22.3 Å². The molecule has 14 rings (SSSR count). The standard InChI is InChI=1S/C31H31NO2.C25H26BrNO2.C24H25NO2.C6H5BO.B10.B9.B8.Pd/c33-31(28-17-8-3-9-18-28,22-27-16-10-11-19-29(27)26-14-6-2-7-15-26)30-24-32(20-21-34-30)23-25-12-4-1-5-13-25;26-23-14-8-7-11-21(23)17-25(28,22-12-5-2-6-13-22)24-19-27(15-16-29-24)18-20-9-3-1-4-10-20;26-24(21-12-5-2-6-13-21,23-18-25-15-16-27-23)17-20-11-7-8-14-22(20)19-9-3-1-4-10-19;8-7-6-4-2-1-3-5-6;1-7(2)10(8(3)4)9(5)6;1-6-9(7(2)3)8(4)5;1-6(2)8(5)7(3)4;/h1-19,30,33H,20-24H2;1-14,24,28H,15-19H2;1-14,23,25-26H,15-18H2;1-5H;;;;/t30-,31+;24-,25+;23-,24+;;;;;/m000...../s1. The van der Waals surface area contributed by atoms with Gasteiger partial charge in [-0.2, -0.15) is 0 Å². The van der Waals surface area contributed by atoms with Crippen LogP contribution in [0.1, 0.15) is 44.5 Å². The fraction of sp³-hybridized carbons (Fsp3) is 0.233. The van der Waals surface area contributed by atoms with E-state index in [2.05, 4.69) is 158 Å². The zero-order valence-electron chi connectivity index (χ0n) is 71.4. The van der Waals surface area contributed by atoms with Crippen molar-refractivity contribution in [3.63, 3.8) is 0 Å². The third-order valence-electron chi connectivity index (χ3n) is 22.0. The van der Waals surface area contributed by atoms with Crippen LogP contribution >= 0.6 is 15.9 Å². The minimum Gasteiger partial charge on any atom is -0.382 e. The van der Waals surface area contributed by atoms with Crippen LogP contribution in [0.3, 0.4) is 0 Å².